The summed E-state index contributed by atoms with van der Waals surface area (Å²) in [4.78, 5) is 0. The van der Waals surface area contributed by atoms with Crippen molar-refractivity contribution in [2.75, 3.05) is 13.6 Å². The summed E-state index contributed by atoms with van der Waals surface area (Å²) in [6.07, 6.45) is 4.58. The van der Waals surface area contributed by atoms with Crippen molar-refractivity contribution in [1.82, 2.24) is 5.32 Å². The van der Waals surface area contributed by atoms with Crippen LogP contribution in [-0.4, -0.2) is 13.6 Å². The van der Waals surface area contributed by atoms with E-state index in [-0.39, 0.29) is 0 Å². The fourth-order valence-corrected chi connectivity index (χ4v) is 2.17. The van der Waals surface area contributed by atoms with Crippen LogP contribution in [0.25, 0.3) is 0 Å². The Hall–Kier alpha value is -1.54. The summed E-state index contributed by atoms with van der Waals surface area (Å²) < 4.78 is 5.13. The topological polar surface area (TPSA) is 25.2 Å². The Bertz CT molecular complexity index is 448. The van der Waals surface area contributed by atoms with E-state index in [0.29, 0.717) is 5.92 Å². The van der Waals surface area contributed by atoms with Crippen LogP contribution in [0.15, 0.2) is 47.3 Å². The van der Waals surface area contributed by atoms with Crippen LogP contribution in [0.1, 0.15) is 22.6 Å². The molecule has 1 heterocycles. The Balaban J connectivity index is 2.16. The summed E-state index contributed by atoms with van der Waals surface area (Å²) in [6, 6.07) is 10.8. The van der Waals surface area contributed by atoms with E-state index < -0.39 is 0 Å². The van der Waals surface area contributed by atoms with Crippen LogP contribution < -0.4 is 5.32 Å². The number of hydrogen-bond acceptors (Lipinski definition) is 2. The zero-order valence-corrected chi connectivity index (χ0v) is 10.4. The highest BCUT2D eigenvalue weighted by Gasteiger charge is 2.12. The molecule has 17 heavy (non-hydrogen) atoms. The number of aryl methyl sites for hydroxylation is 1. The highest BCUT2D eigenvalue weighted by molar-refractivity contribution is 5.27. The third kappa shape index (κ3) is 3.21. The van der Waals surface area contributed by atoms with Gasteiger partial charge in [0.15, 0.2) is 0 Å². The van der Waals surface area contributed by atoms with Gasteiger partial charge in [0.1, 0.15) is 0 Å². The Kier molecular flexibility index (Phi) is 3.99. The first-order valence-electron chi connectivity index (χ1n) is 6.02. The molecule has 0 fully saturated rings. The van der Waals surface area contributed by atoms with Gasteiger partial charge in [0.25, 0.3) is 0 Å². The van der Waals surface area contributed by atoms with Crippen molar-refractivity contribution in [2.24, 2.45) is 0 Å². The van der Waals surface area contributed by atoms with Crippen molar-refractivity contribution in [3.8, 4) is 0 Å². The van der Waals surface area contributed by atoms with Crippen molar-refractivity contribution in [3.05, 3.63) is 59.5 Å². The van der Waals surface area contributed by atoms with Gasteiger partial charge in [0, 0.05) is 12.5 Å². The van der Waals surface area contributed by atoms with Crippen molar-refractivity contribution in [2.45, 2.75) is 19.3 Å². The first-order chi connectivity index (χ1) is 8.29. The second-order valence-electron chi connectivity index (χ2n) is 4.50. The first kappa shape index (κ1) is 11.9. The summed E-state index contributed by atoms with van der Waals surface area (Å²) >= 11 is 0. The van der Waals surface area contributed by atoms with Crippen molar-refractivity contribution >= 4 is 0 Å². The molecule has 2 rings (SSSR count). The summed E-state index contributed by atoms with van der Waals surface area (Å²) in [5.41, 5.74) is 3.96. The van der Waals surface area contributed by atoms with Gasteiger partial charge in [-0.3, -0.25) is 0 Å². The second kappa shape index (κ2) is 5.69. The monoisotopic (exact) mass is 229 g/mol. The Labute approximate surface area is 103 Å². The molecule has 0 aliphatic heterocycles. The molecule has 1 atom stereocenters. The molecule has 2 nitrogen and oxygen atoms in total. The molecule has 1 unspecified atom stereocenters. The van der Waals surface area contributed by atoms with E-state index in [4.69, 9.17) is 4.42 Å². The summed E-state index contributed by atoms with van der Waals surface area (Å²) in [6.45, 7) is 3.12. The number of benzene rings is 1. The van der Waals surface area contributed by atoms with Gasteiger partial charge >= 0.3 is 0 Å². The fraction of sp³-hybridized carbons (Fsp3) is 0.333. The van der Waals surface area contributed by atoms with Crippen LogP contribution in [0.5, 0.6) is 0 Å². The molecule has 0 saturated carbocycles. The molecule has 2 heteroatoms. The fourth-order valence-electron chi connectivity index (χ4n) is 2.17. The smallest absolute Gasteiger partial charge is 0.0934 e. The Morgan fingerprint density at radius 1 is 1.29 bits per heavy atom. The third-order valence-corrected chi connectivity index (χ3v) is 3.03. The van der Waals surface area contributed by atoms with Gasteiger partial charge < -0.3 is 9.73 Å². The van der Waals surface area contributed by atoms with Gasteiger partial charge in [-0.15, -0.1) is 0 Å². The summed E-state index contributed by atoms with van der Waals surface area (Å²) in [5.74, 6) is 0.498. The van der Waals surface area contributed by atoms with Crippen molar-refractivity contribution in [3.63, 3.8) is 0 Å². The number of likely N-dealkylation sites (N-methyl/N-ethyl adjacent to an activating group) is 1. The first-order valence-corrected chi connectivity index (χ1v) is 6.02. The lowest BCUT2D eigenvalue weighted by molar-refractivity contribution is 0.558. The molecule has 0 spiro atoms. The molecule has 90 valence electrons. The third-order valence-electron chi connectivity index (χ3n) is 3.03. The van der Waals surface area contributed by atoms with Crippen LogP contribution in [-0.2, 0) is 6.42 Å². The minimum atomic E-state index is 0.498. The van der Waals surface area contributed by atoms with E-state index in [2.05, 4.69) is 36.5 Å². The molecule has 0 radical (unpaired) electrons. The Morgan fingerprint density at radius 3 is 2.82 bits per heavy atom. The lowest BCUT2D eigenvalue weighted by Gasteiger charge is -2.16. The van der Waals surface area contributed by atoms with Crippen molar-refractivity contribution in [1.29, 1.82) is 0 Å². The van der Waals surface area contributed by atoms with Gasteiger partial charge in [0.05, 0.1) is 12.5 Å². The number of hydrogen-bond donors (Lipinski definition) is 1. The molecule has 1 aromatic heterocycles. The molecule has 0 aliphatic rings. The van der Waals surface area contributed by atoms with Gasteiger partial charge in [-0.05, 0) is 37.6 Å². The highest BCUT2D eigenvalue weighted by atomic mass is 16.3. The predicted octanol–water partition coefficient (Wildman–Crippen LogP) is 3.13. The minimum Gasteiger partial charge on any atom is -0.472 e. The standard InChI is InChI=1S/C15H19NO/c1-12-4-3-5-14(8-12)15(10-16-2)9-13-6-7-17-11-13/h3-8,11,15-16H,9-10H2,1-2H3. The molecule has 1 aromatic carbocycles. The number of furan rings is 1. The molecule has 0 amide bonds. The van der Waals surface area contributed by atoms with Gasteiger partial charge in [0.2, 0.25) is 0 Å². The second-order valence-corrected chi connectivity index (χ2v) is 4.50. The maximum absolute atomic E-state index is 5.13. The molecule has 0 aliphatic carbocycles. The Morgan fingerprint density at radius 2 is 2.18 bits per heavy atom. The predicted molar refractivity (Wildman–Crippen MR) is 70.3 cm³/mol. The van der Waals surface area contributed by atoms with Crippen LogP contribution in [0.4, 0.5) is 0 Å². The summed E-state index contributed by atoms with van der Waals surface area (Å²) in [7, 11) is 2.00. The molecular weight excluding hydrogens is 210 g/mol. The molecular formula is C15H19NO. The van der Waals surface area contributed by atoms with E-state index in [1.807, 2.05) is 19.4 Å². The van der Waals surface area contributed by atoms with E-state index in [0.717, 1.165) is 13.0 Å². The van der Waals surface area contributed by atoms with Crippen LogP contribution in [0.2, 0.25) is 0 Å². The molecule has 1 N–H and O–H groups in total. The zero-order chi connectivity index (χ0) is 12.1. The van der Waals surface area contributed by atoms with E-state index >= 15 is 0 Å². The van der Waals surface area contributed by atoms with Crippen LogP contribution >= 0.6 is 0 Å². The normalized spacial score (nSPS) is 12.6. The number of rotatable bonds is 5. The largest absolute Gasteiger partial charge is 0.472 e. The van der Waals surface area contributed by atoms with E-state index in [9.17, 15) is 0 Å². The van der Waals surface area contributed by atoms with E-state index in [1.165, 1.54) is 16.7 Å². The zero-order valence-electron chi connectivity index (χ0n) is 10.4. The van der Waals surface area contributed by atoms with Crippen LogP contribution in [0, 0.1) is 6.92 Å². The SMILES string of the molecule is CNCC(Cc1ccoc1)c1cccc(C)c1. The van der Waals surface area contributed by atoms with E-state index in [1.54, 1.807) is 6.26 Å². The van der Waals surface area contributed by atoms with Gasteiger partial charge in [-0.2, -0.15) is 0 Å². The maximum Gasteiger partial charge on any atom is 0.0934 e. The summed E-state index contributed by atoms with van der Waals surface area (Å²) in [5, 5.41) is 3.27. The average Bonchev–Trinajstić information content (AvgIpc) is 2.81. The van der Waals surface area contributed by atoms with Gasteiger partial charge in [-0.25, -0.2) is 0 Å². The molecule has 0 saturated heterocycles. The maximum atomic E-state index is 5.13. The lowest BCUT2D eigenvalue weighted by atomic mass is 9.92. The number of nitrogens with one attached hydrogen (secondary N) is 1. The molecule has 2 aromatic rings. The molecule has 0 bridgehead atoms. The van der Waals surface area contributed by atoms with Crippen LogP contribution in [0.3, 0.4) is 0 Å². The van der Waals surface area contributed by atoms with Gasteiger partial charge in [-0.1, -0.05) is 29.8 Å². The minimum absolute atomic E-state index is 0.498. The van der Waals surface area contributed by atoms with Crippen molar-refractivity contribution < 1.29 is 4.42 Å². The average molecular weight is 229 g/mol. The quantitative estimate of drug-likeness (QED) is 0.852. The lowest BCUT2D eigenvalue weighted by Crippen LogP contribution is -2.19. The highest BCUT2D eigenvalue weighted by Crippen LogP contribution is 2.21.